The molecule has 0 amide bonds. The number of aromatic nitrogens is 3. The molecule has 0 bridgehead atoms. The van der Waals surface area contributed by atoms with Gasteiger partial charge in [0.05, 0.1) is 11.9 Å². The first kappa shape index (κ1) is 18.0. The lowest BCUT2D eigenvalue weighted by atomic mass is 9.97. The van der Waals surface area contributed by atoms with E-state index in [9.17, 15) is 0 Å². The van der Waals surface area contributed by atoms with Gasteiger partial charge in [-0.2, -0.15) is 5.10 Å². The first-order valence-electron chi connectivity index (χ1n) is 11.0. The molecule has 1 atom stereocenters. The maximum Gasteiger partial charge on any atom is 0.231 e. The summed E-state index contributed by atoms with van der Waals surface area (Å²) < 4.78 is 12.9. The number of ether oxygens (including phenoxy) is 2. The lowest BCUT2D eigenvalue weighted by molar-refractivity contribution is 0.173. The summed E-state index contributed by atoms with van der Waals surface area (Å²) in [6.07, 6.45) is 7.02. The highest BCUT2D eigenvalue weighted by atomic mass is 16.7. The van der Waals surface area contributed by atoms with Crippen LogP contribution < -0.4 is 14.4 Å². The van der Waals surface area contributed by atoms with Crippen LogP contribution in [0, 0.1) is 0 Å². The molecule has 2 aromatic heterocycles. The summed E-state index contributed by atoms with van der Waals surface area (Å²) in [6.45, 7) is 5.62. The Labute approximate surface area is 176 Å². The van der Waals surface area contributed by atoms with E-state index in [0.717, 1.165) is 62.1 Å². The Bertz CT molecular complexity index is 1060. The standard InChI is InChI=1S/C23H27N5O2/c1-2-11-27(10-1)19-6-8-22-24-23(25-28(22)15-19)18-4-3-9-26(14-18)13-17-5-7-20-21(12-17)30-16-29-20/h5-8,12,15,18H,1-4,9-11,13-14,16H2/t18-/m0/s1. The average molecular weight is 406 g/mol. The zero-order valence-electron chi connectivity index (χ0n) is 17.2. The van der Waals surface area contributed by atoms with Crippen molar-refractivity contribution in [3.05, 3.63) is 47.9 Å². The van der Waals surface area contributed by atoms with Crippen molar-refractivity contribution in [2.75, 3.05) is 37.9 Å². The largest absolute Gasteiger partial charge is 0.454 e. The zero-order valence-corrected chi connectivity index (χ0v) is 17.2. The third-order valence-electron chi connectivity index (χ3n) is 6.52. The number of hydrogen-bond donors (Lipinski definition) is 0. The van der Waals surface area contributed by atoms with E-state index in [2.05, 4.69) is 40.3 Å². The van der Waals surface area contributed by atoms with Crippen LogP contribution in [0.1, 0.15) is 43.0 Å². The van der Waals surface area contributed by atoms with E-state index in [-0.39, 0.29) is 0 Å². The second kappa shape index (κ2) is 7.47. The SMILES string of the molecule is c1cc2c(cc1CN1CCC[C@H](c3nc4ccc(N5CCCC5)cn4n3)C1)OCO2. The second-order valence-electron chi connectivity index (χ2n) is 8.62. The summed E-state index contributed by atoms with van der Waals surface area (Å²) in [4.78, 5) is 9.81. The molecule has 7 nitrogen and oxygen atoms in total. The summed E-state index contributed by atoms with van der Waals surface area (Å²) in [5.74, 6) is 3.06. The molecule has 1 aromatic carbocycles. The van der Waals surface area contributed by atoms with E-state index >= 15 is 0 Å². The topological polar surface area (TPSA) is 55.1 Å². The number of benzene rings is 1. The first-order valence-corrected chi connectivity index (χ1v) is 11.0. The van der Waals surface area contributed by atoms with Crippen molar-refractivity contribution < 1.29 is 9.47 Å². The number of likely N-dealkylation sites (tertiary alicyclic amines) is 1. The van der Waals surface area contributed by atoms with Crippen molar-refractivity contribution in [2.45, 2.75) is 38.1 Å². The molecule has 0 aliphatic carbocycles. The number of fused-ring (bicyclic) bond motifs is 2. The van der Waals surface area contributed by atoms with Crippen LogP contribution in [0.3, 0.4) is 0 Å². The zero-order chi connectivity index (χ0) is 19.9. The molecule has 5 heterocycles. The monoisotopic (exact) mass is 405 g/mol. The lowest BCUT2D eigenvalue weighted by Gasteiger charge is -2.31. The molecule has 3 aromatic rings. The van der Waals surface area contributed by atoms with Gasteiger partial charge in [-0.1, -0.05) is 6.07 Å². The molecular weight excluding hydrogens is 378 g/mol. The Hall–Kier alpha value is -2.80. The summed E-state index contributed by atoms with van der Waals surface area (Å²) in [6, 6.07) is 10.6. The van der Waals surface area contributed by atoms with Crippen molar-refractivity contribution in [1.82, 2.24) is 19.5 Å². The van der Waals surface area contributed by atoms with E-state index in [4.69, 9.17) is 19.6 Å². The molecule has 3 aliphatic heterocycles. The van der Waals surface area contributed by atoms with Gasteiger partial charge in [0.25, 0.3) is 0 Å². The summed E-state index contributed by atoms with van der Waals surface area (Å²) in [7, 11) is 0. The summed E-state index contributed by atoms with van der Waals surface area (Å²) in [5.41, 5.74) is 3.46. The Balaban J connectivity index is 1.18. The van der Waals surface area contributed by atoms with Crippen LogP contribution in [0.25, 0.3) is 5.65 Å². The maximum absolute atomic E-state index is 5.53. The summed E-state index contributed by atoms with van der Waals surface area (Å²) >= 11 is 0. The minimum absolute atomic E-state index is 0.323. The Morgan fingerprint density at radius 3 is 2.80 bits per heavy atom. The van der Waals surface area contributed by atoms with Gasteiger partial charge in [-0.25, -0.2) is 9.50 Å². The van der Waals surface area contributed by atoms with Gasteiger partial charge in [-0.05, 0) is 62.1 Å². The van der Waals surface area contributed by atoms with Crippen LogP contribution in [-0.2, 0) is 6.54 Å². The minimum atomic E-state index is 0.323. The number of anilines is 1. The van der Waals surface area contributed by atoms with Crippen molar-refractivity contribution in [1.29, 1.82) is 0 Å². The van der Waals surface area contributed by atoms with Crippen molar-refractivity contribution in [2.24, 2.45) is 0 Å². The van der Waals surface area contributed by atoms with Crippen LogP contribution in [0.4, 0.5) is 5.69 Å². The molecule has 156 valence electrons. The first-order chi connectivity index (χ1) is 14.8. The molecule has 0 N–H and O–H groups in total. The van der Waals surface area contributed by atoms with E-state index in [1.54, 1.807) is 0 Å². The molecule has 3 aliphatic rings. The third-order valence-corrected chi connectivity index (χ3v) is 6.52. The smallest absolute Gasteiger partial charge is 0.231 e. The van der Waals surface area contributed by atoms with Gasteiger partial charge in [0, 0.05) is 32.1 Å². The van der Waals surface area contributed by atoms with E-state index in [1.807, 2.05) is 10.6 Å². The highest BCUT2D eigenvalue weighted by Gasteiger charge is 2.25. The number of nitrogens with zero attached hydrogens (tertiary/aromatic N) is 5. The van der Waals surface area contributed by atoms with E-state index < -0.39 is 0 Å². The molecular formula is C23H27N5O2. The van der Waals surface area contributed by atoms with Gasteiger partial charge in [-0.3, -0.25) is 4.90 Å². The maximum atomic E-state index is 5.53. The Morgan fingerprint density at radius 1 is 0.967 bits per heavy atom. The number of piperidine rings is 1. The van der Waals surface area contributed by atoms with Crippen LogP contribution >= 0.6 is 0 Å². The Morgan fingerprint density at radius 2 is 1.87 bits per heavy atom. The molecule has 0 unspecified atom stereocenters. The quantitative estimate of drug-likeness (QED) is 0.663. The molecule has 2 saturated heterocycles. The van der Waals surface area contributed by atoms with Gasteiger partial charge in [0.1, 0.15) is 0 Å². The molecule has 30 heavy (non-hydrogen) atoms. The predicted octanol–water partition coefficient (Wildman–Crippen LogP) is 3.44. The minimum Gasteiger partial charge on any atom is -0.454 e. The Kier molecular flexibility index (Phi) is 4.48. The van der Waals surface area contributed by atoms with Crippen LogP contribution in [-0.4, -0.2) is 52.5 Å². The molecule has 6 rings (SSSR count). The third kappa shape index (κ3) is 3.37. The van der Waals surface area contributed by atoms with E-state index in [0.29, 0.717) is 12.7 Å². The molecule has 2 fully saturated rings. The highest BCUT2D eigenvalue weighted by molar-refractivity contribution is 5.52. The normalized spacial score (nSPS) is 21.6. The fourth-order valence-electron chi connectivity index (χ4n) is 4.93. The molecule has 0 radical (unpaired) electrons. The molecule has 0 spiro atoms. The lowest BCUT2D eigenvalue weighted by Crippen LogP contribution is -2.34. The number of hydrogen-bond acceptors (Lipinski definition) is 6. The second-order valence-corrected chi connectivity index (χ2v) is 8.62. The highest BCUT2D eigenvalue weighted by Crippen LogP contribution is 2.33. The summed E-state index contributed by atoms with van der Waals surface area (Å²) in [5, 5.41) is 4.87. The van der Waals surface area contributed by atoms with Crippen molar-refractivity contribution in [3.8, 4) is 11.5 Å². The van der Waals surface area contributed by atoms with E-state index in [1.165, 1.54) is 30.5 Å². The van der Waals surface area contributed by atoms with Gasteiger partial charge in [0.2, 0.25) is 6.79 Å². The predicted molar refractivity (Wildman–Crippen MR) is 114 cm³/mol. The van der Waals surface area contributed by atoms with Gasteiger partial charge >= 0.3 is 0 Å². The van der Waals surface area contributed by atoms with Gasteiger partial charge in [-0.15, -0.1) is 0 Å². The van der Waals surface area contributed by atoms with Crippen LogP contribution in [0.15, 0.2) is 36.5 Å². The molecule has 7 heteroatoms. The van der Waals surface area contributed by atoms with Crippen LogP contribution in [0.5, 0.6) is 11.5 Å². The van der Waals surface area contributed by atoms with Gasteiger partial charge < -0.3 is 14.4 Å². The average Bonchev–Trinajstić information content (AvgIpc) is 3.53. The number of rotatable bonds is 4. The molecule has 0 saturated carbocycles. The van der Waals surface area contributed by atoms with Crippen LogP contribution in [0.2, 0.25) is 0 Å². The van der Waals surface area contributed by atoms with Crippen molar-refractivity contribution >= 4 is 11.3 Å². The fraction of sp³-hybridized carbons (Fsp3) is 0.478. The van der Waals surface area contributed by atoms with Crippen molar-refractivity contribution in [3.63, 3.8) is 0 Å². The fourth-order valence-corrected chi connectivity index (χ4v) is 4.93. The van der Waals surface area contributed by atoms with Gasteiger partial charge in [0.15, 0.2) is 23.0 Å². The number of pyridine rings is 1.